The van der Waals surface area contributed by atoms with Gasteiger partial charge in [0.2, 0.25) is 0 Å². The summed E-state index contributed by atoms with van der Waals surface area (Å²) in [6.07, 6.45) is -5.40. The number of aromatic amines is 1. The summed E-state index contributed by atoms with van der Waals surface area (Å²) in [5.74, 6) is -1.44. The Kier molecular flexibility index (Phi) is 6.31. The lowest BCUT2D eigenvalue weighted by molar-refractivity contribution is -0.0524. The largest absolute Gasteiger partial charge is 0.387 e. The van der Waals surface area contributed by atoms with E-state index in [9.17, 15) is 33.8 Å². The highest BCUT2D eigenvalue weighted by atomic mass is 35.5. The van der Waals surface area contributed by atoms with Gasteiger partial charge in [0, 0.05) is 6.20 Å². The summed E-state index contributed by atoms with van der Waals surface area (Å²) in [6, 6.07) is 0. The van der Waals surface area contributed by atoms with Gasteiger partial charge in [-0.05, 0) is 0 Å². The van der Waals surface area contributed by atoms with Gasteiger partial charge in [0.1, 0.15) is 23.3 Å². The van der Waals surface area contributed by atoms with Gasteiger partial charge in [-0.25, -0.2) is 4.79 Å². The quantitative estimate of drug-likeness (QED) is 0.272. The van der Waals surface area contributed by atoms with Crippen molar-refractivity contribution in [2.45, 2.75) is 24.5 Å². The molecule has 0 aliphatic carbocycles. The van der Waals surface area contributed by atoms with E-state index in [-0.39, 0.29) is 0 Å². The zero-order valence-electron chi connectivity index (χ0n) is 12.7. The Morgan fingerprint density at radius 3 is 2.42 bits per heavy atom. The lowest BCUT2D eigenvalue weighted by Crippen LogP contribution is -2.38. The molecule has 2 heterocycles. The maximum atomic E-state index is 11.8. The molecule has 0 bridgehead atoms. The van der Waals surface area contributed by atoms with Gasteiger partial charge in [-0.15, -0.1) is 0 Å². The van der Waals surface area contributed by atoms with Gasteiger partial charge in [-0.2, -0.15) is 0 Å². The Bertz CT molecular complexity index is 878. The molecule has 26 heavy (non-hydrogen) atoms. The molecule has 1 fully saturated rings. The number of hydrogen-bond donors (Lipinski definition) is 6. The van der Waals surface area contributed by atoms with Crippen molar-refractivity contribution in [2.75, 3.05) is 12.5 Å². The molecular weight excluding hydrogens is 422 g/mol. The zero-order valence-corrected chi connectivity index (χ0v) is 15.3. The van der Waals surface area contributed by atoms with Crippen molar-refractivity contribution in [3.8, 4) is 0 Å². The van der Waals surface area contributed by atoms with Crippen LogP contribution < -0.4 is 11.2 Å². The predicted octanol–water partition coefficient (Wildman–Crippen LogP) is -1.85. The van der Waals surface area contributed by atoms with Gasteiger partial charge >= 0.3 is 20.9 Å². The molecule has 1 saturated heterocycles. The normalized spacial score (nSPS) is 28.8. The number of ether oxygens (including phenoxy) is 1. The fraction of sp³-hybridized carbons (Fsp3) is 0.600. The number of H-pyrrole nitrogens is 1. The van der Waals surface area contributed by atoms with E-state index in [0.717, 1.165) is 6.20 Å². The van der Waals surface area contributed by atoms with Crippen LogP contribution in [0.1, 0.15) is 6.23 Å². The standard InChI is InChI=1S/C10H15ClN2O11P2/c11-4-1-13(10(17)12-8(4)16)9-7(15)6(14)5(24-9)2-23-26(21,22)3-25(18,19)20/h1,5-7,9,14-15H,2-3H2,(H,21,22)(H,12,16,17)(H2,18,19,20)/t5-,6?,7?,9-/m1/s1. The van der Waals surface area contributed by atoms with Crippen LogP contribution in [0.15, 0.2) is 15.8 Å². The van der Waals surface area contributed by atoms with Crippen molar-refractivity contribution in [3.63, 3.8) is 0 Å². The first-order chi connectivity index (χ1) is 11.8. The maximum absolute atomic E-state index is 11.8. The number of aliphatic hydroxyl groups is 2. The van der Waals surface area contributed by atoms with Crippen LogP contribution in [0.3, 0.4) is 0 Å². The molecule has 148 valence electrons. The van der Waals surface area contributed by atoms with Crippen LogP contribution in [-0.4, -0.2) is 65.3 Å². The Hall–Kier alpha value is -0.850. The van der Waals surface area contributed by atoms with Gasteiger partial charge in [0.25, 0.3) is 5.56 Å². The smallest absolute Gasteiger partial charge is 0.340 e. The first-order valence-electron chi connectivity index (χ1n) is 6.84. The van der Waals surface area contributed by atoms with E-state index in [1.165, 1.54) is 0 Å². The molecule has 1 aliphatic heterocycles. The van der Waals surface area contributed by atoms with Crippen LogP contribution in [0.2, 0.25) is 5.02 Å². The molecule has 1 aromatic heterocycles. The second-order valence-electron chi connectivity index (χ2n) is 5.43. The minimum atomic E-state index is -4.84. The van der Waals surface area contributed by atoms with Crippen molar-refractivity contribution >= 4 is 26.8 Å². The maximum Gasteiger partial charge on any atom is 0.340 e. The SMILES string of the molecule is O=c1[nH]c(=O)n([C@@H]2O[C@H](COP(=O)(O)CP(=O)(O)O)C(O)C2O)cc1Cl. The highest BCUT2D eigenvalue weighted by molar-refractivity contribution is 7.70. The topological polar surface area (TPSA) is 209 Å². The summed E-state index contributed by atoms with van der Waals surface area (Å²) in [4.78, 5) is 51.7. The van der Waals surface area contributed by atoms with E-state index in [1.807, 2.05) is 4.98 Å². The zero-order chi connectivity index (χ0) is 19.9. The van der Waals surface area contributed by atoms with Crippen molar-refractivity contribution in [2.24, 2.45) is 0 Å². The Balaban J connectivity index is 2.14. The van der Waals surface area contributed by atoms with E-state index < -0.39 is 68.5 Å². The van der Waals surface area contributed by atoms with Gasteiger partial charge in [-0.1, -0.05) is 11.6 Å². The minimum Gasteiger partial charge on any atom is -0.387 e. The van der Waals surface area contributed by atoms with Gasteiger partial charge in [-0.3, -0.25) is 23.5 Å². The molecule has 0 amide bonds. The number of hydrogen-bond acceptors (Lipinski definition) is 8. The summed E-state index contributed by atoms with van der Waals surface area (Å²) in [5.41, 5.74) is -1.87. The molecule has 3 unspecified atom stereocenters. The van der Waals surface area contributed by atoms with E-state index >= 15 is 0 Å². The molecule has 1 aromatic rings. The first kappa shape index (κ1) is 21.5. The molecule has 0 aromatic carbocycles. The summed E-state index contributed by atoms with van der Waals surface area (Å²) in [6.45, 7) is -0.811. The van der Waals surface area contributed by atoms with E-state index in [1.54, 1.807) is 0 Å². The van der Waals surface area contributed by atoms with Gasteiger partial charge in [0.05, 0.1) is 6.61 Å². The Labute approximate surface area is 149 Å². The number of nitrogens with one attached hydrogen (secondary N) is 1. The third kappa shape index (κ3) is 5.11. The molecule has 0 saturated carbocycles. The number of aromatic nitrogens is 2. The Morgan fingerprint density at radius 1 is 1.23 bits per heavy atom. The molecule has 13 nitrogen and oxygen atoms in total. The fourth-order valence-corrected chi connectivity index (χ4v) is 4.93. The first-order valence-corrected chi connectivity index (χ1v) is 10.8. The molecule has 0 spiro atoms. The van der Waals surface area contributed by atoms with Crippen molar-refractivity contribution in [1.82, 2.24) is 9.55 Å². The van der Waals surface area contributed by atoms with Crippen LogP contribution in [0.4, 0.5) is 0 Å². The fourth-order valence-electron chi connectivity index (χ4n) is 2.21. The van der Waals surface area contributed by atoms with Crippen molar-refractivity contribution < 1.29 is 43.3 Å². The summed E-state index contributed by atoms with van der Waals surface area (Å²) < 4.78 is 32.8. The highest BCUT2D eigenvalue weighted by Gasteiger charge is 2.45. The van der Waals surface area contributed by atoms with Crippen LogP contribution in [0.25, 0.3) is 0 Å². The lowest BCUT2D eigenvalue weighted by Gasteiger charge is -2.18. The van der Waals surface area contributed by atoms with E-state index in [0.29, 0.717) is 4.57 Å². The van der Waals surface area contributed by atoms with Crippen LogP contribution in [0.5, 0.6) is 0 Å². The molecular formula is C10H15ClN2O11P2. The second kappa shape index (κ2) is 7.64. The highest BCUT2D eigenvalue weighted by Crippen LogP contribution is 2.55. The van der Waals surface area contributed by atoms with Crippen LogP contribution in [-0.2, 0) is 18.4 Å². The predicted molar refractivity (Wildman–Crippen MR) is 84.9 cm³/mol. The minimum absolute atomic E-state index is 0.393. The molecule has 0 radical (unpaired) electrons. The number of nitrogens with zero attached hydrogens (tertiary/aromatic N) is 1. The second-order valence-corrected chi connectivity index (χ2v) is 9.83. The summed E-state index contributed by atoms with van der Waals surface area (Å²) in [7, 11) is -9.54. The van der Waals surface area contributed by atoms with E-state index in [4.69, 9.17) is 26.1 Å². The molecule has 16 heteroatoms. The molecule has 2 rings (SSSR count). The monoisotopic (exact) mass is 436 g/mol. The number of aliphatic hydroxyl groups excluding tert-OH is 2. The molecule has 5 atom stereocenters. The number of rotatable bonds is 6. The van der Waals surface area contributed by atoms with Crippen molar-refractivity contribution in [1.29, 1.82) is 0 Å². The molecule has 6 N–H and O–H groups in total. The van der Waals surface area contributed by atoms with Crippen molar-refractivity contribution in [3.05, 3.63) is 32.1 Å². The summed E-state index contributed by atoms with van der Waals surface area (Å²) >= 11 is 5.60. The lowest BCUT2D eigenvalue weighted by atomic mass is 10.1. The summed E-state index contributed by atoms with van der Waals surface area (Å²) in [5, 5.41) is 19.5. The molecule has 1 aliphatic rings. The van der Waals surface area contributed by atoms with Crippen LogP contribution >= 0.6 is 26.8 Å². The van der Waals surface area contributed by atoms with Gasteiger partial charge in [0.15, 0.2) is 12.1 Å². The average Bonchev–Trinajstić information content (AvgIpc) is 2.75. The average molecular weight is 437 g/mol. The number of halogens is 1. The van der Waals surface area contributed by atoms with Crippen LogP contribution in [0, 0.1) is 0 Å². The third-order valence-corrected chi connectivity index (χ3v) is 7.06. The van der Waals surface area contributed by atoms with E-state index in [2.05, 4.69) is 4.52 Å². The Morgan fingerprint density at radius 2 is 1.85 bits per heavy atom. The third-order valence-electron chi connectivity index (χ3n) is 3.34. The van der Waals surface area contributed by atoms with Gasteiger partial charge < -0.3 is 34.2 Å².